The number of aromatic nitrogens is 2. The van der Waals surface area contributed by atoms with E-state index < -0.39 is 0 Å². The molecule has 0 spiro atoms. The number of phenolic OH excluding ortho intramolecular Hbond substituents is 1. The standard InChI is InChI=1S/C17H18N4O/c18-8-14-7-12(1-6-17(14)22)9-21-10-16(20-11-21)13-2-4-15(19)5-3-13/h1-7,10-11,22H,8-9,18-19H2. The lowest BCUT2D eigenvalue weighted by molar-refractivity contribution is 0.468. The van der Waals surface area contributed by atoms with Crippen molar-refractivity contribution in [2.45, 2.75) is 13.1 Å². The van der Waals surface area contributed by atoms with Gasteiger partial charge in [0.25, 0.3) is 0 Å². The number of phenols is 1. The minimum Gasteiger partial charge on any atom is -0.508 e. The molecule has 0 bridgehead atoms. The molecule has 0 atom stereocenters. The Kier molecular flexibility index (Phi) is 3.80. The molecule has 3 rings (SSSR count). The van der Waals surface area contributed by atoms with Crippen LogP contribution in [0.15, 0.2) is 55.0 Å². The lowest BCUT2D eigenvalue weighted by Crippen LogP contribution is -2.01. The van der Waals surface area contributed by atoms with Crippen LogP contribution in [0.3, 0.4) is 0 Å². The minimum atomic E-state index is 0.236. The zero-order chi connectivity index (χ0) is 15.5. The fourth-order valence-corrected chi connectivity index (χ4v) is 2.36. The Bertz CT molecular complexity index is 778. The van der Waals surface area contributed by atoms with Crippen LogP contribution >= 0.6 is 0 Å². The van der Waals surface area contributed by atoms with Crippen molar-refractivity contribution >= 4 is 5.69 Å². The van der Waals surface area contributed by atoms with Gasteiger partial charge in [-0.05, 0) is 29.8 Å². The Hall–Kier alpha value is -2.79. The predicted molar refractivity (Wildman–Crippen MR) is 87.2 cm³/mol. The summed E-state index contributed by atoms with van der Waals surface area (Å²) in [5, 5.41) is 9.67. The number of anilines is 1. The Balaban J connectivity index is 1.81. The highest BCUT2D eigenvalue weighted by atomic mass is 16.3. The van der Waals surface area contributed by atoms with E-state index in [1.807, 2.05) is 47.2 Å². The second-order valence-electron chi connectivity index (χ2n) is 5.22. The van der Waals surface area contributed by atoms with Crippen LogP contribution < -0.4 is 11.5 Å². The fraction of sp³-hybridized carbons (Fsp3) is 0.118. The Labute approximate surface area is 128 Å². The number of nitrogens with two attached hydrogens (primary N) is 2. The smallest absolute Gasteiger partial charge is 0.120 e. The van der Waals surface area contributed by atoms with Crippen LogP contribution in [0, 0.1) is 0 Å². The molecule has 0 unspecified atom stereocenters. The van der Waals surface area contributed by atoms with E-state index >= 15 is 0 Å². The summed E-state index contributed by atoms with van der Waals surface area (Å²) in [6.07, 6.45) is 3.78. The van der Waals surface area contributed by atoms with E-state index in [0.29, 0.717) is 13.1 Å². The van der Waals surface area contributed by atoms with Gasteiger partial charge in [-0.15, -0.1) is 0 Å². The van der Waals surface area contributed by atoms with Gasteiger partial charge >= 0.3 is 0 Å². The second kappa shape index (κ2) is 5.91. The third-order valence-electron chi connectivity index (χ3n) is 3.57. The summed E-state index contributed by atoms with van der Waals surface area (Å²) < 4.78 is 2.00. The zero-order valence-corrected chi connectivity index (χ0v) is 12.1. The maximum absolute atomic E-state index is 9.67. The van der Waals surface area contributed by atoms with Crippen molar-refractivity contribution in [1.82, 2.24) is 9.55 Å². The Morgan fingerprint density at radius 3 is 2.59 bits per heavy atom. The lowest BCUT2D eigenvalue weighted by Gasteiger charge is -2.06. The highest BCUT2D eigenvalue weighted by Crippen LogP contribution is 2.21. The molecule has 112 valence electrons. The topological polar surface area (TPSA) is 90.1 Å². The number of hydrogen-bond acceptors (Lipinski definition) is 4. The third kappa shape index (κ3) is 2.94. The average molecular weight is 294 g/mol. The summed E-state index contributed by atoms with van der Waals surface area (Å²) in [6, 6.07) is 13.1. The van der Waals surface area contributed by atoms with Gasteiger partial charge in [-0.1, -0.05) is 18.2 Å². The summed E-state index contributed by atoms with van der Waals surface area (Å²) in [7, 11) is 0. The molecule has 22 heavy (non-hydrogen) atoms. The molecule has 0 aliphatic heterocycles. The summed E-state index contributed by atoms with van der Waals surface area (Å²) in [5.74, 6) is 0.236. The molecule has 0 fully saturated rings. The monoisotopic (exact) mass is 294 g/mol. The lowest BCUT2D eigenvalue weighted by atomic mass is 10.1. The number of hydrogen-bond donors (Lipinski definition) is 3. The normalized spacial score (nSPS) is 10.8. The van der Waals surface area contributed by atoms with Gasteiger partial charge in [-0.25, -0.2) is 4.98 Å². The maximum atomic E-state index is 9.67. The summed E-state index contributed by atoms with van der Waals surface area (Å²) >= 11 is 0. The van der Waals surface area contributed by atoms with Gasteiger partial charge in [-0.3, -0.25) is 0 Å². The molecular weight excluding hydrogens is 276 g/mol. The van der Waals surface area contributed by atoms with E-state index in [1.54, 1.807) is 12.4 Å². The van der Waals surface area contributed by atoms with E-state index in [0.717, 1.165) is 28.1 Å². The van der Waals surface area contributed by atoms with Crippen molar-refractivity contribution in [3.8, 4) is 17.0 Å². The number of aromatic hydroxyl groups is 1. The van der Waals surface area contributed by atoms with Gasteiger partial charge in [-0.2, -0.15) is 0 Å². The molecule has 0 amide bonds. The van der Waals surface area contributed by atoms with Gasteiger partial charge in [0.05, 0.1) is 12.0 Å². The second-order valence-corrected chi connectivity index (χ2v) is 5.22. The first kappa shape index (κ1) is 14.2. The van der Waals surface area contributed by atoms with Gasteiger partial charge in [0.2, 0.25) is 0 Å². The van der Waals surface area contributed by atoms with Gasteiger partial charge < -0.3 is 21.1 Å². The summed E-state index contributed by atoms with van der Waals surface area (Å²) in [6.45, 7) is 0.996. The first-order valence-corrected chi connectivity index (χ1v) is 7.04. The van der Waals surface area contributed by atoms with Gasteiger partial charge in [0.1, 0.15) is 5.75 Å². The molecule has 0 aliphatic rings. The number of nitrogens with zero attached hydrogens (tertiary/aromatic N) is 2. The summed E-state index contributed by atoms with van der Waals surface area (Å²) in [5.41, 5.74) is 15.8. The quantitative estimate of drug-likeness (QED) is 0.644. The van der Waals surface area contributed by atoms with Gasteiger partial charge in [0.15, 0.2) is 0 Å². The Morgan fingerprint density at radius 1 is 1.09 bits per heavy atom. The van der Waals surface area contributed by atoms with Crippen molar-refractivity contribution in [2.24, 2.45) is 5.73 Å². The first-order chi connectivity index (χ1) is 10.7. The highest BCUT2D eigenvalue weighted by Gasteiger charge is 2.05. The molecule has 2 aromatic carbocycles. The van der Waals surface area contributed by atoms with Crippen molar-refractivity contribution in [3.05, 3.63) is 66.1 Å². The molecule has 0 saturated heterocycles. The molecule has 5 nitrogen and oxygen atoms in total. The molecule has 1 heterocycles. The van der Waals surface area contributed by atoms with Crippen LogP contribution in [-0.2, 0) is 13.1 Å². The number of imidazole rings is 1. The van der Waals surface area contributed by atoms with Crippen LogP contribution in [0.5, 0.6) is 5.75 Å². The van der Waals surface area contributed by atoms with E-state index in [4.69, 9.17) is 11.5 Å². The molecule has 5 heteroatoms. The Morgan fingerprint density at radius 2 is 1.86 bits per heavy atom. The van der Waals surface area contributed by atoms with Crippen LogP contribution in [0.25, 0.3) is 11.3 Å². The SMILES string of the molecule is NCc1cc(Cn2cnc(-c3ccc(N)cc3)c2)ccc1O. The van der Waals surface area contributed by atoms with Gasteiger partial charge in [0, 0.05) is 36.1 Å². The van der Waals surface area contributed by atoms with Crippen LogP contribution in [0.4, 0.5) is 5.69 Å². The number of rotatable bonds is 4. The van der Waals surface area contributed by atoms with E-state index in [9.17, 15) is 5.11 Å². The van der Waals surface area contributed by atoms with Crippen molar-refractivity contribution in [2.75, 3.05) is 5.73 Å². The largest absolute Gasteiger partial charge is 0.508 e. The molecule has 5 N–H and O–H groups in total. The van der Waals surface area contributed by atoms with E-state index in [1.165, 1.54) is 0 Å². The fourth-order valence-electron chi connectivity index (χ4n) is 2.36. The van der Waals surface area contributed by atoms with Crippen LogP contribution in [0.2, 0.25) is 0 Å². The number of benzene rings is 2. The first-order valence-electron chi connectivity index (χ1n) is 7.04. The molecule has 0 radical (unpaired) electrons. The summed E-state index contributed by atoms with van der Waals surface area (Å²) in [4.78, 5) is 4.42. The number of nitrogen functional groups attached to an aromatic ring is 1. The molecule has 0 aliphatic carbocycles. The molecular formula is C17H18N4O. The zero-order valence-electron chi connectivity index (χ0n) is 12.1. The van der Waals surface area contributed by atoms with Crippen molar-refractivity contribution < 1.29 is 5.11 Å². The molecule has 1 aromatic heterocycles. The average Bonchev–Trinajstić information content (AvgIpc) is 2.98. The van der Waals surface area contributed by atoms with Crippen LogP contribution in [0.1, 0.15) is 11.1 Å². The van der Waals surface area contributed by atoms with Crippen molar-refractivity contribution in [1.29, 1.82) is 0 Å². The maximum Gasteiger partial charge on any atom is 0.120 e. The van der Waals surface area contributed by atoms with Crippen molar-refractivity contribution in [3.63, 3.8) is 0 Å². The minimum absolute atomic E-state index is 0.236. The van der Waals surface area contributed by atoms with E-state index in [-0.39, 0.29) is 5.75 Å². The molecule has 3 aromatic rings. The third-order valence-corrected chi connectivity index (χ3v) is 3.57. The van der Waals surface area contributed by atoms with E-state index in [2.05, 4.69) is 4.98 Å². The predicted octanol–water partition coefficient (Wildman–Crippen LogP) is 2.34. The van der Waals surface area contributed by atoms with Crippen LogP contribution in [-0.4, -0.2) is 14.7 Å². The highest BCUT2D eigenvalue weighted by molar-refractivity contribution is 5.61. The molecule has 0 saturated carbocycles.